The topological polar surface area (TPSA) is 53.4 Å². The van der Waals surface area contributed by atoms with Crippen molar-refractivity contribution >= 4 is 15.9 Å². The van der Waals surface area contributed by atoms with Gasteiger partial charge in [-0.25, -0.2) is 0 Å². The molecule has 0 aliphatic rings. The van der Waals surface area contributed by atoms with Crippen LogP contribution in [0.2, 0.25) is 0 Å². The highest BCUT2D eigenvalue weighted by Crippen LogP contribution is 2.15. The van der Waals surface area contributed by atoms with E-state index in [1.165, 1.54) is 12.3 Å². The first kappa shape index (κ1) is 6.07. The van der Waals surface area contributed by atoms with Crippen LogP contribution in [0.1, 0.15) is 22.3 Å². The van der Waals surface area contributed by atoms with Crippen LogP contribution < -0.4 is 0 Å². The Bertz CT molecular complexity index is 337. The van der Waals surface area contributed by atoms with Gasteiger partial charge in [0.05, 0.1) is 15.9 Å². The van der Waals surface area contributed by atoms with Crippen molar-refractivity contribution in [2.24, 2.45) is 0 Å². The summed E-state index contributed by atoms with van der Waals surface area (Å²) in [6.45, 7) is -2.61. The van der Waals surface area contributed by atoms with Crippen LogP contribution in [0.5, 0.6) is 0 Å². The third kappa shape index (κ3) is 2.55. The lowest BCUT2D eigenvalue weighted by molar-refractivity contribution is 0.130. The van der Waals surface area contributed by atoms with Crippen molar-refractivity contribution in [1.82, 2.24) is 4.98 Å². The number of nitrogens with zero attached hydrogens (tertiary/aromatic N) is 1. The lowest BCUT2D eigenvalue weighted by atomic mass is 10.2. The van der Waals surface area contributed by atoms with E-state index in [1.807, 2.05) is 0 Å². The normalized spacial score (nSPS) is 20.4. The fourth-order valence-electron chi connectivity index (χ4n) is 0.712. The fraction of sp³-hybridized carbons (Fsp3) is 0.375. The van der Waals surface area contributed by atoms with Gasteiger partial charge in [-0.15, -0.1) is 0 Å². The molecule has 0 amide bonds. The number of hydrogen-bond donors (Lipinski definition) is 2. The van der Waals surface area contributed by atoms with Crippen molar-refractivity contribution in [1.29, 1.82) is 0 Å². The van der Waals surface area contributed by atoms with Crippen LogP contribution in [0.25, 0.3) is 0 Å². The molecule has 1 aromatic heterocycles. The van der Waals surface area contributed by atoms with Gasteiger partial charge in [0.15, 0.2) is 0 Å². The van der Waals surface area contributed by atoms with Crippen LogP contribution in [0, 0.1) is 0 Å². The Hall–Kier alpha value is -0.450. The molecule has 0 aliphatic heterocycles. The Kier molecular flexibility index (Phi) is 2.30. The van der Waals surface area contributed by atoms with E-state index in [9.17, 15) is 5.11 Å². The van der Waals surface area contributed by atoms with Crippen molar-refractivity contribution in [2.75, 3.05) is 6.56 Å². The highest BCUT2D eigenvalue weighted by molar-refractivity contribution is 9.10. The maximum atomic E-state index is 9.60. The Labute approximate surface area is 83.4 Å². The summed E-state index contributed by atoms with van der Waals surface area (Å²) >= 11 is 3.14. The van der Waals surface area contributed by atoms with Crippen molar-refractivity contribution < 1.29 is 14.3 Å². The molecule has 66 valence electrons. The van der Waals surface area contributed by atoms with Crippen molar-refractivity contribution in [2.45, 2.75) is 12.5 Å². The van der Waals surface area contributed by atoms with Gasteiger partial charge in [-0.2, -0.15) is 0 Å². The molecule has 0 saturated heterocycles. The van der Waals surface area contributed by atoms with E-state index in [2.05, 4.69) is 20.9 Å². The first-order chi connectivity index (χ1) is 6.71. The lowest BCUT2D eigenvalue weighted by Crippen LogP contribution is -2.01. The average molecular weight is 235 g/mol. The summed E-state index contributed by atoms with van der Waals surface area (Å²) in [6.07, 6.45) is -1.60. The first-order valence-corrected chi connectivity index (χ1v) is 4.07. The number of rotatable bonds is 3. The highest BCUT2D eigenvalue weighted by atomic mass is 79.9. The van der Waals surface area contributed by atoms with Gasteiger partial charge >= 0.3 is 0 Å². The summed E-state index contributed by atoms with van der Waals surface area (Å²) in [4.78, 5) is 3.77. The summed E-state index contributed by atoms with van der Waals surface area (Å²) in [5.74, 6) is 0. The van der Waals surface area contributed by atoms with Crippen molar-refractivity contribution in [3.8, 4) is 0 Å². The molecule has 4 heteroatoms. The summed E-state index contributed by atoms with van der Waals surface area (Å²) < 4.78 is 21.9. The summed E-state index contributed by atoms with van der Waals surface area (Å²) in [6, 6.07) is 2.97. The Balaban J connectivity index is 2.90. The third-order valence-corrected chi connectivity index (χ3v) is 1.74. The van der Waals surface area contributed by atoms with Crippen LogP contribution in [0.3, 0.4) is 0 Å². The molecule has 0 fully saturated rings. The predicted octanol–water partition coefficient (Wildman–Crippen LogP) is 1.26. The molecular formula is C8H10BrNO2. The monoisotopic (exact) mass is 234 g/mol. The molecule has 0 bridgehead atoms. The second-order valence-corrected chi connectivity index (χ2v) is 3.06. The smallest absolute Gasteiger partial charge is 0.0981 e. The molecule has 1 rings (SSSR count). The van der Waals surface area contributed by atoms with Crippen LogP contribution in [0.15, 0.2) is 22.8 Å². The van der Waals surface area contributed by atoms with Gasteiger partial charge in [0.2, 0.25) is 0 Å². The molecule has 12 heavy (non-hydrogen) atoms. The second-order valence-electron chi connectivity index (χ2n) is 2.14. The van der Waals surface area contributed by atoms with Crippen molar-refractivity contribution in [3.05, 3.63) is 28.5 Å². The zero-order valence-corrected chi connectivity index (χ0v) is 7.74. The zero-order chi connectivity index (χ0) is 11.7. The molecule has 1 unspecified atom stereocenters. The standard InChI is InChI=1S/C8H10BrNO2/c9-6-1-2-7(10-5-6)8(12)3-4-11/h1-2,5,8,11-12H,3-4H2/i4D2,8D. The number of halogens is 1. The van der Waals surface area contributed by atoms with Crippen molar-refractivity contribution in [3.63, 3.8) is 0 Å². The van der Waals surface area contributed by atoms with E-state index < -0.39 is 19.1 Å². The molecule has 1 heterocycles. The summed E-state index contributed by atoms with van der Waals surface area (Å²) in [5.41, 5.74) is -0.0105. The quantitative estimate of drug-likeness (QED) is 0.829. The Morgan fingerprint density at radius 2 is 2.50 bits per heavy atom. The van der Waals surface area contributed by atoms with Crippen LogP contribution >= 0.6 is 15.9 Å². The maximum Gasteiger partial charge on any atom is 0.0981 e. The van der Waals surface area contributed by atoms with Crippen LogP contribution in [-0.4, -0.2) is 21.8 Å². The van der Waals surface area contributed by atoms with E-state index in [0.29, 0.717) is 4.47 Å². The van der Waals surface area contributed by atoms with Gasteiger partial charge in [0.25, 0.3) is 0 Å². The van der Waals surface area contributed by atoms with E-state index in [1.54, 1.807) is 6.07 Å². The van der Waals surface area contributed by atoms with Gasteiger partial charge in [0, 0.05) is 23.6 Å². The van der Waals surface area contributed by atoms with Gasteiger partial charge in [-0.05, 0) is 28.1 Å². The number of hydrogen-bond acceptors (Lipinski definition) is 3. The highest BCUT2D eigenvalue weighted by Gasteiger charge is 2.06. The molecule has 0 spiro atoms. The molecule has 2 N–H and O–H groups in total. The number of pyridine rings is 1. The minimum atomic E-state index is -2.61. The Morgan fingerprint density at radius 3 is 3.00 bits per heavy atom. The molecule has 0 aliphatic carbocycles. The zero-order valence-electron chi connectivity index (χ0n) is 9.16. The summed E-state index contributed by atoms with van der Waals surface area (Å²) in [5, 5.41) is 18.5. The minimum Gasteiger partial charge on any atom is -0.396 e. The first-order valence-electron chi connectivity index (χ1n) is 4.77. The molecule has 1 aromatic rings. The predicted molar refractivity (Wildman–Crippen MR) is 48.6 cm³/mol. The van der Waals surface area contributed by atoms with E-state index in [-0.39, 0.29) is 5.69 Å². The number of aliphatic hydroxyl groups is 2. The minimum absolute atomic E-state index is 0.0105. The lowest BCUT2D eigenvalue weighted by Gasteiger charge is -2.07. The molecule has 1 atom stereocenters. The molecular weight excluding hydrogens is 222 g/mol. The molecule has 0 aromatic carbocycles. The molecule has 0 radical (unpaired) electrons. The molecule has 0 saturated carbocycles. The largest absolute Gasteiger partial charge is 0.396 e. The van der Waals surface area contributed by atoms with E-state index in [0.717, 1.165) is 0 Å². The summed E-state index contributed by atoms with van der Waals surface area (Å²) in [7, 11) is 0. The molecule has 3 nitrogen and oxygen atoms in total. The van der Waals surface area contributed by atoms with Gasteiger partial charge in [-0.3, -0.25) is 4.98 Å². The third-order valence-electron chi connectivity index (χ3n) is 1.27. The van der Waals surface area contributed by atoms with Crippen LogP contribution in [-0.2, 0) is 0 Å². The van der Waals surface area contributed by atoms with Crippen LogP contribution in [0.4, 0.5) is 0 Å². The van der Waals surface area contributed by atoms with E-state index >= 15 is 0 Å². The van der Waals surface area contributed by atoms with E-state index in [4.69, 9.17) is 9.22 Å². The SMILES string of the molecule is [2H]C([2H])(O)CC([2H])(O)c1ccc(Br)cn1. The average Bonchev–Trinajstić information content (AvgIpc) is 2.00. The van der Waals surface area contributed by atoms with Gasteiger partial charge < -0.3 is 10.2 Å². The Morgan fingerprint density at radius 1 is 1.75 bits per heavy atom. The second kappa shape index (κ2) is 4.54. The van der Waals surface area contributed by atoms with Gasteiger partial charge in [-0.1, -0.05) is 0 Å². The number of aromatic nitrogens is 1. The fourth-order valence-corrected chi connectivity index (χ4v) is 0.947. The van der Waals surface area contributed by atoms with Gasteiger partial charge in [0.1, 0.15) is 0 Å². The maximum absolute atomic E-state index is 9.60.